The molecule has 1 atom stereocenters. The highest BCUT2D eigenvalue weighted by Gasteiger charge is 2.21. The highest BCUT2D eigenvalue weighted by molar-refractivity contribution is 6.00. The van der Waals surface area contributed by atoms with Crippen molar-refractivity contribution in [3.8, 4) is 0 Å². The molecule has 0 amide bonds. The van der Waals surface area contributed by atoms with Crippen LogP contribution in [0.1, 0.15) is 34.5 Å². The van der Waals surface area contributed by atoms with Crippen LogP contribution in [-0.4, -0.2) is 15.3 Å². The van der Waals surface area contributed by atoms with Gasteiger partial charge in [0.15, 0.2) is 5.78 Å². The van der Waals surface area contributed by atoms with E-state index in [-0.39, 0.29) is 5.78 Å². The number of imidazole rings is 1. The number of hydrogen-bond donors (Lipinski definition) is 1. The number of aromatic nitrogens is 2. The normalized spacial score (nSPS) is 12.5. The van der Waals surface area contributed by atoms with Gasteiger partial charge in [0.1, 0.15) is 0 Å². The van der Waals surface area contributed by atoms with Gasteiger partial charge >= 0.3 is 0 Å². The first kappa shape index (κ1) is 14.3. The number of benzene rings is 2. The largest absolute Gasteiger partial charge is 0.369 e. The monoisotopic (exact) mass is 293 g/mol. The van der Waals surface area contributed by atoms with Gasteiger partial charge in [0, 0.05) is 5.56 Å². The number of aryl methyl sites for hydroxylation is 2. The van der Waals surface area contributed by atoms with Crippen LogP contribution in [0.15, 0.2) is 42.5 Å². The summed E-state index contributed by atoms with van der Waals surface area (Å²) in [6, 6.07) is 12.9. The van der Waals surface area contributed by atoms with Gasteiger partial charge in [0.05, 0.1) is 17.1 Å². The Morgan fingerprint density at radius 1 is 1.14 bits per heavy atom. The lowest BCUT2D eigenvalue weighted by molar-refractivity contribution is 0.0938. The topological polar surface area (TPSA) is 60.9 Å². The van der Waals surface area contributed by atoms with Gasteiger partial charge in [-0.05, 0) is 44.0 Å². The smallest absolute Gasteiger partial charge is 0.201 e. The zero-order valence-electron chi connectivity index (χ0n) is 13.0. The SMILES string of the molecule is Cc1cc2nc(N)n(C(C)C(=O)c3ccccc3)c2cc1C. The number of Topliss-reactive ketones (excluding diaryl/α,β-unsaturated/α-hetero) is 1. The molecule has 1 aromatic heterocycles. The van der Waals surface area contributed by atoms with E-state index in [0.717, 1.165) is 16.6 Å². The number of hydrogen-bond acceptors (Lipinski definition) is 3. The van der Waals surface area contributed by atoms with Crippen LogP contribution < -0.4 is 5.73 Å². The Kier molecular flexibility index (Phi) is 3.45. The van der Waals surface area contributed by atoms with Gasteiger partial charge in [-0.1, -0.05) is 30.3 Å². The molecular formula is C18H19N3O. The van der Waals surface area contributed by atoms with E-state index in [1.54, 1.807) is 0 Å². The molecule has 0 aliphatic heterocycles. The van der Waals surface area contributed by atoms with E-state index in [9.17, 15) is 4.79 Å². The van der Waals surface area contributed by atoms with Crippen LogP contribution in [0, 0.1) is 13.8 Å². The number of nitrogens with two attached hydrogens (primary N) is 1. The molecule has 0 aliphatic rings. The number of carbonyl (C=O) groups excluding carboxylic acids is 1. The van der Waals surface area contributed by atoms with Gasteiger partial charge in [-0.15, -0.1) is 0 Å². The molecule has 2 N–H and O–H groups in total. The van der Waals surface area contributed by atoms with E-state index >= 15 is 0 Å². The van der Waals surface area contributed by atoms with Crippen molar-refractivity contribution < 1.29 is 4.79 Å². The molecule has 0 saturated carbocycles. The third kappa shape index (κ3) is 2.26. The molecule has 1 unspecified atom stereocenters. The number of carbonyl (C=O) groups is 1. The van der Waals surface area contributed by atoms with Crippen LogP contribution in [0.3, 0.4) is 0 Å². The highest BCUT2D eigenvalue weighted by atomic mass is 16.1. The number of fused-ring (bicyclic) bond motifs is 1. The van der Waals surface area contributed by atoms with E-state index in [4.69, 9.17) is 5.73 Å². The molecule has 112 valence electrons. The summed E-state index contributed by atoms with van der Waals surface area (Å²) in [6.45, 7) is 5.95. The molecule has 4 heteroatoms. The summed E-state index contributed by atoms with van der Waals surface area (Å²) in [7, 11) is 0. The first-order valence-electron chi connectivity index (χ1n) is 7.33. The molecule has 0 saturated heterocycles. The quantitative estimate of drug-likeness (QED) is 0.749. The zero-order chi connectivity index (χ0) is 15.9. The zero-order valence-corrected chi connectivity index (χ0v) is 13.0. The number of nitrogens with zero attached hydrogens (tertiary/aromatic N) is 2. The van der Waals surface area contributed by atoms with Crippen molar-refractivity contribution in [3.05, 3.63) is 59.2 Å². The summed E-state index contributed by atoms with van der Waals surface area (Å²) in [6.07, 6.45) is 0. The fraction of sp³-hybridized carbons (Fsp3) is 0.222. The Morgan fingerprint density at radius 3 is 2.45 bits per heavy atom. The number of anilines is 1. The predicted molar refractivity (Wildman–Crippen MR) is 89.1 cm³/mol. The minimum atomic E-state index is -0.394. The molecule has 1 heterocycles. The van der Waals surface area contributed by atoms with Crippen molar-refractivity contribution in [1.29, 1.82) is 0 Å². The average molecular weight is 293 g/mol. The Labute approximate surface area is 129 Å². The standard InChI is InChI=1S/C18H19N3O/c1-11-9-15-16(10-12(11)2)21(18(19)20-15)13(3)17(22)14-7-5-4-6-8-14/h4-10,13H,1-3H3,(H2,19,20). The third-order valence-corrected chi connectivity index (χ3v) is 4.16. The summed E-state index contributed by atoms with van der Waals surface area (Å²) < 4.78 is 1.82. The van der Waals surface area contributed by atoms with E-state index in [2.05, 4.69) is 4.98 Å². The van der Waals surface area contributed by atoms with Crippen molar-refractivity contribution >= 4 is 22.8 Å². The van der Waals surface area contributed by atoms with Crippen LogP contribution in [0.4, 0.5) is 5.95 Å². The summed E-state index contributed by atoms with van der Waals surface area (Å²) in [5.74, 6) is 0.404. The summed E-state index contributed by atoms with van der Waals surface area (Å²) in [5.41, 5.74) is 10.8. The van der Waals surface area contributed by atoms with Crippen molar-refractivity contribution in [2.75, 3.05) is 5.73 Å². The second-order valence-electron chi connectivity index (χ2n) is 5.67. The van der Waals surface area contributed by atoms with Crippen molar-refractivity contribution in [2.45, 2.75) is 26.8 Å². The molecule has 0 spiro atoms. The van der Waals surface area contributed by atoms with Crippen molar-refractivity contribution in [3.63, 3.8) is 0 Å². The van der Waals surface area contributed by atoms with Crippen LogP contribution >= 0.6 is 0 Å². The number of ketones is 1. The van der Waals surface area contributed by atoms with Gasteiger partial charge in [-0.2, -0.15) is 0 Å². The first-order valence-corrected chi connectivity index (χ1v) is 7.33. The lowest BCUT2D eigenvalue weighted by Crippen LogP contribution is -2.18. The lowest BCUT2D eigenvalue weighted by Gasteiger charge is -2.15. The fourth-order valence-corrected chi connectivity index (χ4v) is 2.74. The Morgan fingerprint density at radius 2 is 1.77 bits per heavy atom. The second-order valence-corrected chi connectivity index (χ2v) is 5.67. The first-order chi connectivity index (χ1) is 10.5. The number of rotatable bonds is 3. The van der Waals surface area contributed by atoms with E-state index in [1.165, 1.54) is 5.56 Å². The summed E-state index contributed by atoms with van der Waals surface area (Å²) in [5, 5.41) is 0. The maximum Gasteiger partial charge on any atom is 0.201 e. The van der Waals surface area contributed by atoms with Crippen molar-refractivity contribution in [1.82, 2.24) is 9.55 Å². The molecule has 3 rings (SSSR count). The van der Waals surface area contributed by atoms with Gasteiger partial charge in [0.2, 0.25) is 5.95 Å². The van der Waals surface area contributed by atoms with Crippen LogP contribution in [-0.2, 0) is 0 Å². The van der Waals surface area contributed by atoms with E-state index in [0.29, 0.717) is 11.5 Å². The maximum absolute atomic E-state index is 12.7. The van der Waals surface area contributed by atoms with E-state index in [1.807, 2.05) is 67.8 Å². The molecule has 0 fully saturated rings. The highest BCUT2D eigenvalue weighted by Crippen LogP contribution is 2.27. The van der Waals surface area contributed by atoms with Gasteiger partial charge < -0.3 is 5.73 Å². The molecule has 3 aromatic rings. The Balaban J connectivity index is 2.11. The molecule has 0 bridgehead atoms. The third-order valence-electron chi connectivity index (χ3n) is 4.16. The predicted octanol–water partition coefficient (Wildman–Crippen LogP) is 3.68. The van der Waals surface area contributed by atoms with Gasteiger partial charge in [-0.25, -0.2) is 4.98 Å². The van der Waals surface area contributed by atoms with E-state index < -0.39 is 6.04 Å². The average Bonchev–Trinajstić information content (AvgIpc) is 2.82. The van der Waals surface area contributed by atoms with Crippen LogP contribution in [0.2, 0.25) is 0 Å². The number of nitrogen functional groups attached to an aromatic ring is 1. The van der Waals surface area contributed by atoms with Crippen LogP contribution in [0.25, 0.3) is 11.0 Å². The van der Waals surface area contributed by atoms with Crippen LogP contribution in [0.5, 0.6) is 0 Å². The molecule has 22 heavy (non-hydrogen) atoms. The minimum Gasteiger partial charge on any atom is -0.369 e. The Hall–Kier alpha value is -2.62. The Bertz CT molecular complexity index is 850. The fourth-order valence-electron chi connectivity index (χ4n) is 2.74. The minimum absolute atomic E-state index is 0.0322. The molecule has 0 aliphatic carbocycles. The molecule has 2 aromatic carbocycles. The maximum atomic E-state index is 12.7. The summed E-state index contributed by atoms with van der Waals surface area (Å²) >= 11 is 0. The van der Waals surface area contributed by atoms with Crippen molar-refractivity contribution in [2.24, 2.45) is 0 Å². The second kappa shape index (κ2) is 5.30. The van der Waals surface area contributed by atoms with Gasteiger partial charge in [-0.3, -0.25) is 9.36 Å². The lowest BCUT2D eigenvalue weighted by atomic mass is 10.0. The molecule has 4 nitrogen and oxygen atoms in total. The molecular weight excluding hydrogens is 274 g/mol. The van der Waals surface area contributed by atoms with Gasteiger partial charge in [0.25, 0.3) is 0 Å². The molecule has 0 radical (unpaired) electrons. The summed E-state index contributed by atoms with van der Waals surface area (Å²) in [4.78, 5) is 17.1.